The van der Waals surface area contributed by atoms with Crippen LogP contribution in [0.5, 0.6) is 0 Å². The number of amides is 1. The predicted molar refractivity (Wildman–Crippen MR) is 86.2 cm³/mol. The highest BCUT2D eigenvalue weighted by Crippen LogP contribution is 2.28. The number of hydrogen-bond acceptors (Lipinski definition) is 3. The molecular formula is C17H16FNO3S. The lowest BCUT2D eigenvalue weighted by Gasteiger charge is -2.25. The SMILES string of the molecule is C[S@@](=O)c1ccc(NC(=O)[C@H]2OCCc3ccccc32)cc1F. The third-order valence-electron chi connectivity index (χ3n) is 3.74. The second-order valence-electron chi connectivity index (χ2n) is 5.29. The zero-order valence-electron chi connectivity index (χ0n) is 12.5. The van der Waals surface area contributed by atoms with Crippen LogP contribution in [0, 0.1) is 5.82 Å². The van der Waals surface area contributed by atoms with Crippen molar-refractivity contribution in [2.75, 3.05) is 18.2 Å². The van der Waals surface area contributed by atoms with Crippen molar-refractivity contribution in [3.63, 3.8) is 0 Å². The number of carbonyl (C=O) groups is 1. The van der Waals surface area contributed by atoms with E-state index in [1.807, 2.05) is 24.3 Å². The Balaban J connectivity index is 1.80. The number of nitrogens with one attached hydrogen (secondary N) is 1. The first-order valence-corrected chi connectivity index (χ1v) is 8.75. The second kappa shape index (κ2) is 6.60. The molecule has 2 aromatic carbocycles. The van der Waals surface area contributed by atoms with Crippen LogP contribution in [0.15, 0.2) is 47.4 Å². The lowest BCUT2D eigenvalue weighted by Crippen LogP contribution is -2.28. The molecule has 2 aromatic rings. The molecule has 0 radical (unpaired) electrons. The summed E-state index contributed by atoms with van der Waals surface area (Å²) in [6.07, 6.45) is 1.47. The summed E-state index contributed by atoms with van der Waals surface area (Å²) in [4.78, 5) is 12.6. The van der Waals surface area contributed by atoms with Crippen molar-refractivity contribution < 1.29 is 18.1 Å². The maximum Gasteiger partial charge on any atom is 0.258 e. The van der Waals surface area contributed by atoms with E-state index in [1.54, 1.807) is 0 Å². The van der Waals surface area contributed by atoms with Crippen LogP contribution >= 0.6 is 0 Å². The van der Waals surface area contributed by atoms with Crippen LogP contribution in [0.4, 0.5) is 10.1 Å². The average molecular weight is 333 g/mol. The maximum atomic E-state index is 13.9. The average Bonchev–Trinajstić information content (AvgIpc) is 2.54. The molecule has 4 nitrogen and oxygen atoms in total. The second-order valence-corrected chi connectivity index (χ2v) is 6.64. The van der Waals surface area contributed by atoms with E-state index in [0.717, 1.165) is 17.5 Å². The van der Waals surface area contributed by atoms with E-state index < -0.39 is 22.7 Å². The number of rotatable bonds is 3. The Labute approximate surface area is 136 Å². The summed E-state index contributed by atoms with van der Waals surface area (Å²) >= 11 is 0. The zero-order chi connectivity index (χ0) is 16.4. The molecule has 0 bridgehead atoms. The van der Waals surface area contributed by atoms with Crippen molar-refractivity contribution in [3.05, 3.63) is 59.4 Å². The van der Waals surface area contributed by atoms with E-state index in [-0.39, 0.29) is 10.8 Å². The first-order chi connectivity index (χ1) is 11.1. The van der Waals surface area contributed by atoms with Gasteiger partial charge in [0.1, 0.15) is 5.82 Å². The highest BCUT2D eigenvalue weighted by atomic mass is 32.2. The number of benzene rings is 2. The zero-order valence-corrected chi connectivity index (χ0v) is 13.4. The monoisotopic (exact) mass is 333 g/mol. The fourth-order valence-electron chi connectivity index (χ4n) is 2.63. The molecule has 1 aliphatic rings. The highest BCUT2D eigenvalue weighted by molar-refractivity contribution is 7.84. The van der Waals surface area contributed by atoms with Gasteiger partial charge in [-0.2, -0.15) is 0 Å². The van der Waals surface area contributed by atoms with Gasteiger partial charge in [0.15, 0.2) is 6.10 Å². The standard InChI is InChI=1S/C17H16FNO3S/c1-23(21)15-7-6-12(10-14(15)18)19-17(20)16-13-5-3-2-4-11(13)8-9-22-16/h2-7,10,16H,8-9H2,1H3,(H,19,20)/t16-,23+/m0/s1. The fraction of sp³-hybridized carbons (Fsp3) is 0.235. The van der Waals surface area contributed by atoms with Gasteiger partial charge in [0.05, 0.1) is 22.3 Å². The molecule has 1 heterocycles. The Morgan fingerprint density at radius 1 is 1.30 bits per heavy atom. The largest absolute Gasteiger partial charge is 0.363 e. The first-order valence-electron chi connectivity index (χ1n) is 7.19. The summed E-state index contributed by atoms with van der Waals surface area (Å²) in [5, 5.41) is 2.66. The molecule has 1 aliphatic heterocycles. The first kappa shape index (κ1) is 15.8. The van der Waals surface area contributed by atoms with E-state index in [4.69, 9.17) is 4.74 Å². The highest BCUT2D eigenvalue weighted by Gasteiger charge is 2.27. The quantitative estimate of drug-likeness (QED) is 0.940. The Morgan fingerprint density at radius 3 is 2.83 bits per heavy atom. The van der Waals surface area contributed by atoms with Crippen LogP contribution in [0.2, 0.25) is 0 Å². The minimum Gasteiger partial charge on any atom is -0.363 e. The Bertz CT molecular complexity index is 778. The van der Waals surface area contributed by atoms with Gasteiger partial charge in [-0.3, -0.25) is 9.00 Å². The van der Waals surface area contributed by atoms with Gasteiger partial charge in [-0.1, -0.05) is 24.3 Å². The number of fused-ring (bicyclic) bond motifs is 1. The van der Waals surface area contributed by atoms with Crippen molar-refractivity contribution in [1.82, 2.24) is 0 Å². The van der Waals surface area contributed by atoms with Crippen molar-refractivity contribution >= 4 is 22.4 Å². The Kier molecular flexibility index (Phi) is 4.54. The van der Waals surface area contributed by atoms with Crippen molar-refractivity contribution in [2.45, 2.75) is 17.4 Å². The lowest BCUT2D eigenvalue weighted by molar-refractivity contribution is -0.128. The summed E-state index contributed by atoms with van der Waals surface area (Å²) in [6.45, 7) is 0.469. The summed E-state index contributed by atoms with van der Waals surface area (Å²) in [7, 11) is -1.41. The van der Waals surface area contributed by atoms with E-state index >= 15 is 0 Å². The summed E-state index contributed by atoms with van der Waals surface area (Å²) in [5.74, 6) is -0.949. The van der Waals surface area contributed by atoms with Gasteiger partial charge in [-0.25, -0.2) is 4.39 Å². The molecule has 0 saturated carbocycles. The van der Waals surface area contributed by atoms with Gasteiger partial charge >= 0.3 is 0 Å². The van der Waals surface area contributed by atoms with Crippen LogP contribution in [-0.2, 0) is 26.8 Å². The van der Waals surface area contributed by atoms with E-state index in [1.165, 1.54) is 24.5 Å². The third kappa shape index (κ3) is 3.33. The Morgan fingerprint density at radius 2 is 2.09 bits per heavy atom. The molecule has 0 unspecified atom stereocenters. The number of hydrogen-bond donors (Lipinski definition) is 1. The summed E-state index contributed by atoms with van der Waals surface area (Å²) in [6, 6.07) is 11.7. The van der Waals surface area contributed by atoms with Gasteiger partial charge in [-0.05, 0) is 35.7 Å². The van der Waals surface area contributed by atoms with E-state index in [0.29, 0.717) is 12.3 Å². The summed E-state index contributed by atoms with van der Waals surface area (Å²) < 4.78 is 30.8. The molecular weight excluding hydrogens is 317 g/mol. The molecule has 1 amide bonds. The van der Waals surface area contributed by atoms with Gasteiger partial charge in [-0.15, -0.1) is 0 Å². The smallest absolute Gasteiger partial charge is 0.258 e. The molecule has 6 heteroatoms. The molecule has 23 heavy (non-hydrogen) atoms. The molecule has 0 fully saturated rings. The van der Waals surface area contributed by atoms with Gasteiger partial charge < -0.3 is 10.1 Å². The minimum atomic E-state index is -1.41. The Hall–Kier alpha value is -2.05. The number of ether oxygens (including phenoxy) is 1. The van der Waals surface area contributed by atoms with E-state index in [2.05, 4.69) is 5.32 Å². The maximum absolute atomic E-state index is 13.9. The molecule has 120 valence electrons. The van der Waals surface area contributed by atoms with Gasteiger partial charge in [0.25, 0.3) is 5.91 Å². The van der Waals surface area contributed by atoms with Crippen LogP contribution in [0.1, 0.15) is 17.2 Å². The number of halogens is 1. The van der Waals surface area contributed by atoms with Gasteiger partial charge in [0, 0.05) is 11.9 Å². The van der Waals surface area contributed by atoms with Crippen molar-refractivity contribution in [1.29, 1.82) is 0 Å². The number of carbonyl (C=O) groups excluding carboxylic acids is 1. The molecule has 2 atom stereocenters. The third-order valence-corrected chi connectivity index (χ3v) is 4.69. The minimum absolute atomic E-state index is 0.113. The van der Waals surface area contributed by atoms with Crippen LogP contribution in [-0.4, -0.2) is 23.0 Å². The molecule has 0 spiro atoms. The molecule has 1 N–H and O–H groups in total. The molecule has 0 aromatic heterocycles. The van der Waals surface area contributed by atoms with Gasteiger partial charge in [0.2, 0.25) is 0 Å². The lowest BCUT2D eigenvalue weighted by atomic mass is 9.97. The molecule has 3 rings (SSSR count). The van der Waals surface area contributed by atoms with Crippen molar-refractivity contribution in [3.8, 4) is 0 Å². The molecule has 0 saturated heterocycles. The van der Waals surface area contributed by atoms with Crippen molar-refractivity contribution in [2.24, 2.45) is 0 Å². The van der Waals surface area contributed by atoms with Crippen LogP contribution in [0.3, 0.4) is 0 Å². The summed E-state index contributed by atoms with van der Waals surface area (Å²) in [5.41, 5.74) is 2.23. The fourth-order valence-corrected chi connectivity index (χ4v) is 3.22. The van der Waals surface area contributed by atoms with Crippen LogP contribution in [0.25, 0.3) is 0 Å². The predicted octanol–water partition coefficient (Wildman–Crippen LogP) is 2.82. The van der Waals surface area contributed by atoms with Crippen LogP contribution < -0.4 is 5.32 Å². The normalized spacial score (nSPS) is 18.1. The molecule has 0 aliphatic carbocycles. The topological polar surface area (TPSA) is 55.4 Å². The number of anilines is 1. The van der Waals surface area contributed by atoms with E-state index in [9.17, 15) is 13.4 Å².